The number of hydrogen-bond donors (Lipinski definition) is 2. The maximum atomic E-state index is 9.62. The molecule has 0 unspecified atom stereocenters. The first-order valence-electron chi connectivity index (χ1n) is 7.37. The topological polar surface area (TPSA) is 65.7 Å². The molecule has 1 fully saturated rings. The molecule has 1 aliphatic rings. The van der Waals surface area contributed by atoms with Gasteiger partial charge in [0.1, 0.15) is 0 Å². The van der Waals surface area contributed by atoms with Crippen LogP contribution in [0.4, 0.5) is 17.2 Å². The summed E-state index contributed by atoms with van der Waals surface area (Å²) >= 11 is 0. The van der Waals surface area contributed by atoms with Crippen LogP contribution in [0.15, 0.2) is 49.1 Å². The van der Waals surface area contributed by atoms with Crippen molar-refractivity contribution >= 4 is 22.8 Å². The minimum atomic E-state index is -0.208. The Kier molecular flexibility index (Phi) is 3.16. The summed E-state index contributed by atoms with van der Waals surface area (Å²) < 4.78 is 1.93. The molecule has 4 rings (SSSR count). The van der Waals surface area contributed by atoms with E-state index < -0.39 is 0 Å². The van der Waals surface area contributed by atoms with Crippen LogP contribution in [-0.2, 0) is 0 Å². The molecule has 1 aromatic carbocycles. The van der Waals surface area contributed by atoms with Crippen molar-refractivity contribution in [2.75, 3.05) is 23.3 Å². The highest BCUT2D eigenvalue weighted by molar-refractivity contribution is 5.70. The lowest BCUT2D eigenvalue weighted by Gasteiger charge is -2.18. The number of aromatic nitrogens is 3. The van der Waals surface area contributed by atoms with Crippen molar-refractivity contribution in [3.63, 3.8) is 0 Å². The Balaban J connectivity index is 1.55. The van der Waals surface area contributed by atoms with Gasteiger partial charge in [-0.1, -0.05) is 0 Å². The molecule has 2 aromatic heterocycles. The molecule has 1 aliphatic heterocycles. The van der Waals surface area contributed by atoms with Crippen LogP contribution in [0.25, 0.3) is 5.65 Å². The Bertz CT molecular complexity index is 783. The van der Waals surface area contributed by atoms with Gasteiger partial charge in [0.15, 0.2) is 11.5 Å². The van der Waals surface area contributed by atoms with Crippen molar-refractivity contribution in [2.45, 2.75) is 12.5 Å². The first-order valence-corrected chi connectivity index (χ1v) is 7.37. The van der Waals surface area contributed by atoms with Gasteiger partial charge in [-0.25, -0.2) is 9.97 Å². The van der Waals surface area contributed by atoms with Crippen molar-refractivity contribution in [3.8, 4) is 0 Å². The molecule has 0 amide bonds. The summed E-state index contributed by atoms with van der Waals surface area (Å²) in [5.74, 6) is 0.733. The SMILES string of the molecule is O[C@@H]1CCN(c2ccc(Nc3nccn4ccnc34)cc2)C1. The van der Waals surface area contributed by atoms with Gasteiger partial charge in [0.05, 0.1) is 6.10 Å². The monoisotopic (exact) mass is 295 g/mol. The molecule has 2 N–H and O–H groups in total. The summed E-state index contributed by atoms with van der Waals surface area (Å²) in [6, 6.07) is 8.17. The van der Waals surface area contributed by atoms with Crippen molar-refractivity contribution in [1.29, 1.82) is 0 Å². The zero-order valence-electron chi connectivity index (χ0n) is 12.1. The van der Waals surface area contributed by atoms with Crippen LogP contribution >= 0.6 is 0 Å². The van der Waals surface area contributed by atoms with Gasteiger partial charge in [-0.3, -0.25) is 0 Å². The van der Waals surface area contributed by atoms with Gasteiger partial charge in [0.25, 0.3) is 0 Å². The minimum absolute atomic E-state index is 0.208. The fourth-order valence-corrected chi connectivity index (χ4v) is 2.81. The molecular weight excluding hydrogens is 278 g/mol. The molecule has 3 aromatic rings. The van der Waals surface area contributed by atoms with Crippen molar-refractivity contribution < 1.29 is 5.11 Å². The largest absolute Gasteiger partial charge is 0.391 e. The van der Waals surface area contributed by atoms with E-state index in [9.17, 15) is 5.11 Å². The molecule has 3 heterocycles. The lowest BCUT2D eigenvalue weighted by molar-refractivity contribution is 0.198. The molecule has 0 saturated carbocycles. The molecular formula is C16H17N5O. The Morgan fingerprint density at radius 2 is 1.86 bits per heavy atom. The molecule has 6 heteroatoms. The van der Waals surface area contributed by atoms with E-state index in [0.29, 0.717) is 6.54 Å². The second-order valence-electron chi connectivity index (χ2n) is 5.49. The molecule has 112 valence electrons. The van der Waals surface area contributed by atoms with Crippen LogP contribution in [0.3, 0.4) is 0 Å². The summed E-state index contributed by atoms with van der Waals surface area (Å²) in [6.45, 7) is 1.62. The van der Waals surface area contributed by atoms with Crippen LogP contribution in [0, 0.1) is 0 Å². The molecule has 0 radical (unpaired) electrons. The highest BCUT2D eigenvalue weighted by atomic mass is 16.3. The third-order valence-corrected chi connectivity index (χ3v) is 3.97. The quantitative estimate of drug-likeness (QED) is 0.774. The molecule has 0 aliphatic carbocycles. The number of anilines is 3. The summed E-state index contributed by atoms with van der Waals surface area (Å²) in [7, 11) is 0. The highest BCUT2D eigenvalue weighted by Gasteiger charge is 2.20. The molecule has 0 bridgehead atoms. The fraction of sp³-hybridized carbons (Fsp3) is 0.250. The van der Waals surface area contributed by atoms with Gasteiger partial charge in [-0.15, -0.1) is 0 Å². The summed E-state index contributed by atoms with van der Waals surface area (Å²) in [5, 5.41) is 12.9. The number of hydrogen-bond acceptors (Lipinski definition) is 5. The van der Waals surface area contributed by atoms with Crippen LogP contribution in [0.5, 0.6) is 0 Å². The van der Waals surface area contributed by atoms with E-state index in [-0.39, 0.29) is 6.10 Å². The number of aliphatic hydroxyl groups excluding tert-OH is 1. The number of β-amino-alcohol motifs (C(OH)–C–C–N with tert-alkyl or cyclic N) is 1. The van der Waals surface area contributed by atoms with Crippen LogP contribution < -0.4 is 10.2 Å². The second-order valence-corrected chi connectivity index (χ2v) is 5.49. The summed E-state index contributed by atoms with van der Waals surface area (Å²) in [6.07, 6.45) is 7.89. The maximum absolute atomic E-state index is 9.62. The first-order chi connectivity index (χ1) is 10.8. The Morgan fingerprint density at radius 1 is 1.09 bits per heavy atom. The number of rotatable bonds is 3. The molecule has 0 spiro atoms. The van der Waals surface area contributed by atoms with Crippen molar-refractivity contribution in [1.82, 2.24) is 14.4 Å². The fourth-order valence-electron chi connectivity index (χ4n) is 2.81. The zero-order chi connectivity index (χ0) is 14.9. The zero-order valence-corrected chi connectivity index (χ0v) is 12.1. The third kappa shape index (κ3) is 2.37. The van der Waals surface area contributed by atoms with E-state index >= 15 is 0 Å². The average molecular weight is 295 g/mol. The Labute approximate surface area is 128 Å². The third-order valence-electron chi connectivity index (χ3n) is 3.97. The van der Waals surface area contributed by atoms with Gasteiger partial charge in [-0.2, -0.15) is 0 Å². The predicted molar refractivity (Wildman–Crippen MR) is 85.5 cm³/mol. The van der Waals surface area contributed by atoms with E-state index in [1.54, 1.807) is 12.4 Å². The summed E-state index contributed by atoms with van der Waals surface area (Å²) in [4.78, 5) is 10.8. The van der Waals surface area contributed by atoms with E-state index in [1.807, 2.05) is 28.9 Å². The second kappa shape index (κ2) is 5.31. The number of imidazole rings is 1. The van der Waals surface area contributed by atoms with Gasteiger partial charge in [0, 0.05) is 49.3 Å². The number of fused-ring (bicyclic) bond motifs is 1. The van der Waals surface area contributed by atoms with Crippen molar-refractivity contribution in [3.05, 3.63) is 49.1 Å². The van der Waals surface area contributed by atoms with E-state index in [0.717, 1.165) is 35.8 Å². The summed E-state index contributed by atoms with van der Waals surface area (Å²) in [5.41, 5.74) is 2.90. The van der Waals surface area contributed by atoms with Crippen molar-refractivity contribution in [2.24, 2.45) is 0 Å². The molecule has 1 saturated heterocycles. The molecule has 1 atom stereocenters. The van der Waals surface area contributed by atoms with Crippen LogP contribution in [-0.4, -0.2) is 38.7 Å². The Hall–Kier alpha value is -2.60. The number of nitrogens with zero attached hydrogens (tertiary/aromatic N) is 4. The van der Waals surface area contributed by atoms with Crippen LogP contribution in [0.1, 0.15) is 6.42 Å². The maximum Gasteiger partial charge on any atom is 0.180 e. The number of benzene rings is 1. The van der Waals surface area contributed by atoms with E-state index in [4.69, 9.17) is 0 Å². The standard InChI is InChI=1S/C16H17N5O/c22-14-5-8-21(11-14)13-3-1-12(2-4-13)19-15-16-18-7-10-20(16)9-6-17-15/h1-4,6-7,9-10,14,22H,5,8,11H2,(H,17,19)/t14-/m1/s1. The van der Waals surface area contributed by atoms with Gasteiger partial charge in [0.2, 0.25) is 0 Å². The van der Waals surface area contributed by atoms with Gasteiger partial charge >= 0.3 is 0 Å². The lowest BCUT2D eigenvalue weighted by atomic mass is 10.2. The Morgan fingerprint density at radius 3 is 2.59 bits per heavy atom. The normalized spacial score (nSPS) is 18.0. The van der Waals surface area contributed by atoms with Gasteiger partial charge < -0.3 is 19.7 Å². The molecule has 6 nitrogen and oxygen atoms in total. The minimum Gasteiger partial charge on any atom is -0.391 e. The van der Waals surface area contributed by atoms with E-state index in [1.165, 1.54) is 0 Å². The first kappa shape index (κ1) is 13.1. The molecule has 22 heavy (non-hydrogen) atoms. The predicted octanol–water partition coefficient (Wildman–Crippen LogP) is 2.04. The average Bonchev–Trinajstić information content (AvgIpc) is 3.17. The lowest BCUT2D eigenvalue weighted by Crippen LogP contribution is -2.20. The van der Waals surface area contributed by atoms with Crippen LogP contribution in [0.2, 0.25) is 0 Å². The smallest absolute Gasteiger partial charge is 0.180 e. The van der Waals surface area contributed by atoms with Gasteiger partial charge in [-0.05, 0) is 30.7 Å². The highest BCUT2D eigenvalue weighted by Crippen LogP contribution is 2.24. The van der Waals surface area contributed by atoms with E-state index in [2.05, 4.69) is 32.3 Å². The number of nitrogens with one attached hydrogen (secondary N) is 1. The number of aliphatic hydroxyl groups is 1.